The largest absolute Gasteiger partial charge is 0.324 e. The third kappa shape index (κ3) is 2.47. The molecular weight excluding hydrogens is 154 g/mol. The van der Waals surface area contributed by atoms with Gasteiger partial charge in [0.05, 0.1) is 6.54 Å². The summed E-state index contributed by atoms with van der Waals surface area (Å²) in [5.74, 6) is 0.703. The van der Waals surface area contributed by atoms with E-state index in [0.717, 1.165) is 12.8 Å². The molecule has 3 N–H and O–H groups in total. The maximum Gasteiger partial charge on any atom is 0.228 e. The lowest BCUT2D eigenvalue weighted by molar-refractivity contribution is -0.120. The normalized spacial score (nSPS) is 17.2. The molecule has 0 saturated heterocycles. The van der Waals surface area contributed by atoms with E-state index >= 15 is 0 Å². The highest BCUT2D eigenvalue weighted by molar-refractivity contribution is 6.00. The van der Waals surface area contributed by atoms with Crippen molar-refractivity contribution in [2.24, 2.45) is 16.6 Å². The van der Waals surface area contributed by atoms with Gasteiger partial charge in [-0.25, -0.2) is 4.99 Å². The minimum absolute atomic E-state index is 0.0288. The lowest BCUT2D eigenvalue weighted by atomic mass is 10.4. The summed E-state index contributed by atoms with van der Waals surface area (Å²) in [5, 5.41) is 2.64. The van der Waals surface area contributed by atoms with E-state index in [2.05, 4.69) is 16.9 Å². The summed E-state index contributed by atoms with van der Waals surface area (Å²) >= 11 is 0. The van der Waals surface area contributed by atoms with Crippen LogP contribution in [0.4, 0.5) is 0 Å². The van der Waals surface area contributed by atoms with Gasteiger partial charge in [-0.2, -0.15) is 0 Å². The van der Waals surface area contributed by atoms with Gasteiger partial charge in [0, 0.05) is 12.1 Å². The van der Waals surface area contributed by atoms with E-state index in [1.165, 1.54) is 6.20 Å². The molecule has 0 heterocycles. The first-order valence-electron chi connectivity index (χ1n) is 3.96. The fraction of sp³-hybridized carbons (Fsp3) is 0.500. The first-order chi connectivity index (χ1) is 5.77. The van der Waals surface area contributed by atoms with Crippen LogP contribution in [0.25, 0.3) is 0 Å². The number of aliphatic imine (C=N–C) groups is 1. The van der Waals surface area contributed by atoms with Crippen LogP contribution in [0.2, 0.25) is 0 Å². The fourth-order valence-electron chi connectivity index (χ4n) is 0.836. The van der Waals surface area contributed by atoms with E-state index in [4.69, 9.17) is 5.73 Å². The van der Waals surface area contributed by atoms with Crippen molar-refractivity contribution < 1.29 is 4.79 Å². The molecule has 4 nitrogen and oxygen atoms in total. The molecule has 0 radical (unpaired) electrons. The molecule has 0 aromatic carbocycles. The van der Waals surface area contributed by atoms with E-state index in [9.17, 15) is 4.79 Å². The van der Waals surface area contributed by atoms with Crippen LogP contribution in [0.3, 0.4) is 0 Å². The quantitative estimate of drug-likeness (QED) is 0.459. The molecule has 1 aliphatic rings. The minimum Gasteiger partial charge on any atom is -0.324 e. The van der Waals surface area contributed by atoms with Crippen LogP contribution in [0, 0.1) is 5.92 Å². The van der Waals surface area contributed by atoms with E-state index < -0.39 is 0 Å². The number of carbonyl (C=O) groups excluding carboxylic acids is 1. The minimum atomic E-state index is 0.0288. The highest BCUT2D eigenvalue weighted by Crippen LogP contribution is 2.28. The van der Waals surface area contributed by atoms with Crippen LogP contribution in [0.15, 0.2) is 17.8 Å². The number of rotatable bonds is 3. The molecule has 12 heavy (non-hydrogen) atoms. The van der Waals surface area contributed by atoms with Crippen LogP contribution in [0.1, 0.15) is 12.8 Å². The first kappa shape index (κ1) is 8.93. The predicted octanol–water partition coefficient (Wildman–Crippen LogP) is 0.0133. The first-order valence-corrected chi connectivity index (χ1v) is 3.96. The van der Waals surface area contributed by atoms with Crippen molar-refractivity contribution in [1.82, 2.24) is 5.32 Å². The van der Waals surface area contributed by atoms with Crippen molar-refractivity contribution in [1.29, 1.82) is 0 Å². The molecule has 66 valence electrons. The number of carbonyl (C=O) groups is 1. The van der Waals surface area contributed by atoms with Gasteiger partial charge in [0.2, 0.25) is 5.91 Å². The molecule has 4 heteroatoms. The monoisotopic (exact) mass is 167 g/mol. The number of hydrogen-bond donors (Lipinski definition) is 2. The summed E-state index contributed by atoms with van der Waals surface area (Å²) in [6.07, 6.45) is 3.34. The van der Waals surface area contributed by atoms with Gasteiger partial charge in [0.1, 0.15) is 5.84 Å². The summed E-state index contributed by atoms with van der Waals surface area (Å²) in [4.78, 5) is 15.0. The number of nitrogens with zero attached hydrogens (tertiary/aromatic N) is 1. The Labute approximate surface area is 71.5 Å². The van der Waals surface area contributed by atoms with Crippen molar-refractivity contribution in [3.8, 4) is 0 Å². The Morgan fingerprint density at radius 1 is 1.75 bits per heavy atom. The molecule has 0 aliphatic heterocycles. The Balaban J connectivity index is 2.40. The molecular formula is C8H13N3O. The molecule has 1 amide bonds. The predicted molar refractivity (Wildman–Crippen MR) is 47.6 cm³/mol. The molecule has 0 bridgehead atoms. The van der Waals surface area contributed by atoms with Crippen LogP contribution in [0.5, 0.6) is 0 Å². The maximum absolute atomic E-state index is 11.2. The third-order valence-corrected chi connectivity index (χ3v) is 1.66. The Morgan fingerprint density at radius 3 is 2.83 bits per heavy atom. The summed E-state index contributed by atoms with van der Waals surface area (Å²) < 4.78 is 0. The van der Waals surface area contributed by atoms with Crippen LogP contribution >= 0.6 is 0 Å². The van der Waals surface area contributed by atoms with Gasteiger partial charge in [-0.3, -0.25) is 4.79 Å². The van der Waals surface area contributed by atoms with Crippen molar-refractivity contribution in [3.63, 3.8) is 0 Å². The average molecular weight is 167 g/mol. The van der Waals surface area contributed by atoms with Gasteiger partial charge in [-0.05, 0) is 12.8 Å². The third-order valence-electron chi connectivity index (χ3n) is 1.66. The van der Waals surface area contributed by atoms with Gasteiger partial charge in [0.15, 0.2) is 0 Å². The number of amides is 1. The molecule has 0 atom stereocenters. The van der Waals surface area contributed by atoms with Crippen LogP contribution in [-0.2, 0) is 4.79 Å². The zero-order valence-corrected chi connectivity index (χ0v) is 6.92. The molecule has 1 aliphatic carbocycles. The molecule has 0 unspecified atom stereocenters. The van der Waals surface area contributed by atoms with Crippen molar-refractivity contribution >= 4 is 11.7 Å². The second kappa shape index (κ2) is 4.01. The standard InChI is InChI=1S/C8H13N3O/c1-2-10-7(5-9)11-8(12)6-3-4-6/h2,6H,1,3-5,9H2,(H,10,11,12). The topological polar surface area (TPSA) is 67.5 Å². The number of amidine groups is 1. The zero-order chi connectivity index (χ0) is 8.97. The Morgan fingerprint density at radius 2 is 2.42 bits per heavy atom. The van der Waals surface area contributed by atoms with E-state index in [-0.39, 0.29) is 18.4 Å². The SMILES string of the molecule is C=CN=C(CN)NC(=O)C1CC1. The van der Waals surface area contributed by atoms with E-state index in [1.807, 2.05) is 0 Å². The lowest BCUT2D eigenvalue weighted by Gasteiger charge is -2.03. The smallest absolute Gasteiger partial charge is 0.228 e. The van der Waals surface area contributed by atoms with Gasteiger partial charge in [0.25, 0.3) is 0 Å². The Bertz CT molecular complexity index is 218. The van der Waals surface area contributed by atoms with Crippen molar-refractivity contribution in [2.45, 2.75) is 12.8 Å². The van der Waals surface area contributed by atoms with E-state index in [1.54, 1.807) is 0 Å². The average Bonchev–Trinajstić information content (AvgIpc) is 2.85. The van der Waals surface area contributed by atoms with Crippen molar-refractivity contribution in [3.05, 3.63) is 12.8 Å². The van der Waals surface area contributed by atoms with Gasteiger partial charge < -0.3 is 11.1 Å². The van der Waals surface area contributed by atoms with Gasteiger partial charge in [-0.1, -0.05) is 6.58 Å². The van der Waals surface area contributed by atoms with Crippen molar-refractivity contribution in [2.75, 3.05) is 6.54 Å². The van der Waals surface area contributed by atoms with Crippen LogP contribution in [-0.4, -0.2) is 18.3 Å². The zero-order valence-electron chi connectivity index (χ0n) is 6.92. The second-order valence-corrected chi connectivity index (χ2v) is 2.73. The maximum atomic E-state index is 11.2. The number of hydrogen-bond acceptors (Lipinski definition) is 3. The number of nitrogens with one attached hydrogen (secondary N) is 1. The molecule has 1 rings (SSSR count). The number of nitrogens with two attached hydrogens (primary N) is 1. The summed E-state index contributed by atoms with van der Waals surface area (Å²) in [6, 6.07) is 0. The Hall–Kier alpha value is -1.16. The summed E-state index contributed by atoms with van der Waals surface area (Å²) in [6.45, 7) is 3.66. The second-order valence-electron chi connectivity index (χ2n) is 2.73. The highest BCUT2D eigenvalue weighted by Gasteiger charge is 2.29. The fourth-order valence-corrected chi connectivity index (χ4v) is 0.836. The van der Waals surface area contributed by atoms with E-state index in [0.29, 0.717) is 5.84 Å². The Kier molecular flexibility index (Phi) is 2.99. The highest BCUT2D eigenvalue weighted by atomic mass is 16.2. The van der Waals surface area contributed by atoms with Crippen LogP contribution < -0.4 is 11.1 Å². The molecule has 1 saturated carbocycles. The van der Waals surface area contributed by atoms with Gasteiger partial charge >= 0.3 is 0 Å². The molecule has 1 fully saturated rings. The molecule has 0 spiro atoms. The lowest BCUT2D eigenvalue weighted by Crippen LogP contribution is -2.36. The summed E-state index contributed by atoms with van der Waals surface area (Å²) in [5.41, 5.74) is 5.33. The summed E-state index contributed by atoms with van der Waals surface area (Å²) in [7, 11) is 0. The molecule has 0 aromatic heterocycles. The van der Waals surface area contributed by atoms with Gasteiger partial charge in [-0.15, -0.1) is 0 Å². The molecule has 0 aromatic rings.